The molecule has 0 bridgehead atoms. The number of para-hydroxylation sites is 1. The maximum Gasteiger partial charge on any atom is 0.254 e. The van der Waals surface area contributed by atoms with E-state index in [1.807, 2.05) is 78.3 Å². The lowest BCUT2D eigenvalue weighted by Crippen LogP contribution is -2.31. The van der Waals surface area contributed by atoms with E-state index in [-0.39, 0.29) is 17.6 Å². The second-order valence-corrected chi connectivity index (χ2v) is 9.89. The quantitative estimate of drug-likeness (QED) is 0.436. The fourth-order valence-corrected chi connectivity index (χ4v) is 5.51. The van der Waals surface area contributed by atoms with Gasteiger partial charge in [0.2, 0.25) is 5.91 Å². The summed E-state index contributed by atoms with van der Waals surface area (Å²) in [5.74, 6) is -1.51. The molecule has 4 rings (SSSR count). The van der Waals surface area contributed by atoms with E-state index in [1.54, 1.807) is 6.92 Å². The third-order valence-electron chi connectivity index (χ3n) is 5.58. The normalized spacial score (nSPS) is 17.3. The minimum atomic E-state index is -0.679. The van der Waals surface area contributed by atoms with Crippen LogP contribution in [0.3, 0.4) is 0 Å². The van der Waals surface area contributed by atoms with Gasteiger partial charge < -0.3 is 10.6 Å². The Morgan fingerprint density at radius 1 is 1.03 bits per heavy atom. The minimum absolute atomic E-state index is 0.111. The molecule has 2 N–H and O–H groups in total. The first-order valence-corrected chi connectivity index (χ1v) is 13.0. The Balaban J connectivity index is 1.58. The van der Waals surface area contributed by atoms with Gasteiger partial charge in [-0.3, -0.25) is 9.59 Å². The van der Waals surface area contributed by atoms with Gasteiger partial charge in [-0.05, 0) is 60.5 Å². The van der Waals surface area contributed by atoms with E-state index in [4.69, 9.17) is 0 Å². The fourth-order valence-electron chi connectivity index (χ4n) is 3.89. The van der Waals surface area contributed by atoms with Crippen LogP contribution in [0.5, 0.6) is 0 Å². The number of hydrogen-bond acceptors (Lipinski definition) is 6. The van der Waals surface area contributed by atoms with E-state index >= 15 is 0 Å². The molecule has 2 atom stereocenters. The smallest absolute Gasteiger partial charge is 0.254 e. The zero-order valence-corrected chi connectivity index (χ0v) is 21.0. The highest BCUT2D eigenvalue weighted by Crippen LogP contribution is 2.42. The Hall–Kier alpha value is -3.67. The van der Waals surface area contributed by atoms with Crippen molar-refractivity contribution in [2.75, 3.05) is 16.4 Å². The highest BCUT2D eigenvalue weighted by molar-refractivity contribution is 8.14. The zero-order valence-electron chi connectivity index (χ0n) is 19.3. The summed E-state index contributed by atoms with van der Waals surface area (Å²) in [7, 11) is 0. The predicted molar refractivity (Wildman–Crippen MR) is 144 cm³/mol. The SMILES string of the molecule is CC1=C(C(=O)Nc2ccccc2)C(c2ccsc2)C(C#N)C(SCC(=O)Nc2ccc(C)cc2)=N1. The number of thiophene rings is 1. The van der Waals surface area contributed by atoms with Crippen LogP contribution in [-0.2, 0) is 9.59 Å². The molecule has 2 heterocycles. The summed E-state index contributed by atoms with van der Waals surface area (Å²) >= 11 is 2.75. The van der Waals surface area contributed by atoms with Gasteiger partial charge >= 0.3 is 0 Å². The number of aliphatic imine (C=N–C) groups is 1. The van der Waals surface area contributed by atoms with Crippen molar-refractivity contribution < 1.29 is 9.59 Å². The van der Waals surface area contributed by atoms with Crippen LogP contribution in [0.1, 0.15) is 24.0 Å². The summed E-state index contributed by atoms with van der Waals surface area (Å²) in [5.41, 5.74) is 4.40. The summed E-state index contributed by atoms with van der Waals surface area (Å²) in [5, 5.41) is 20.4. The van der Waals surface area contributed by atoms with Crippen LogP contribution in [-0.4, -0.2) is 22.6 Å². The summed E-state index contributed by atoms with van der Waals surface area (Å²) in [6.45, 7) is 3.76. The van der Waals surface area contributed by atoms with Crippen LogP contribution in [0.15, 0.2) is 87.7 Å². The Bertz CT molecular complexity index is 1310. The van der Waals surface area contributed by atoms with Crippen molar-refractivity contribution in [2.24, 2.45) is 10.9 Å². The summed E-state index contributed by atoms with van der Waals surface area (Å²) < 4.78 is 0. The molecule has 0 radical (unpaired) electrons. The lowest BCUT2D eigenvalue weighted by Gasteiger charge is -2.29. The number of carbonyl (C=O) groups excluding carboxylic acids is 2. The molecule has 35 heavy (non-hydrogen) atoms. The number of benzene rings is 2. The first-order valence-electron chi connectivity index (χ1n) is 11.0. The Labute approximate surface area is 212 Å². The maximum absolute atomic E-state index is 13.3. The molecule has 0 aliphatic carbocycles. The Kier molecular flexibility index (Phi) is 7.80. The first kappa shape index (κ1) is 24.5. The van der Waals surface area contributed by atoms with Gasteiger partial charge in [-0.15, -0.1) is 0 Å². The number of aryl methyl sites for hydroxylation is 1. The van der Waals surface area contributed by atoms with Gasteiger partial charge in [-0.2, -0.15) is 16.6 Å². The standard InChI is InChI=1S/C27H24N4O2S2/c1-17-8-10-21(11-9-17)30-23(32)16-35-27-22(14-28)25(19-12-13-34-15-19)24(18(2)29-27)26(33)31-20-6-4-3-5-7-20/h3-13,15,22,25H,16H2,1-2H3,(H,30,32)(H,31,33). The lowest BCUT2D eigenvalue weighted by molar-refractivity contribution is -0.114. The largest absolute Gasteiger partial charge is 0.325 e. The van der Waals surface area contributed by atoms with Crippen molar-refractivity contribution in [1.29, 1.82) is 5.26 Å². The Morgan fingerprint density at radius 2 is 1.74 bits per heavy atom. The van der Waals surface area contributed by atoms with Crippen molar-refractivity contribution in [3.05, 3.63) is 93.8 Å². The van der Waals surface area contributed by atoms with Crippen LogP contribution in [0.2, 0.25) is 0 Å². The highest BCUT2D eigenvalue weighted by atomic mass is 32.2. The zero-order chi connectivity index (χ0) is 24.8. The fraction of sp³-hybridized carbons (Fsp3) is 0.185. The van der Waals surface area contributed by atoms with Crippen molar-refractivity contribution in [1.82, 2.24) is 0 Å². The van der Waals surface area contributed by atoms with E-state index < -0.39 is 11.8 Å². The number of nitrogens with zero attached hydrogens (tertiary/aromatic N) is 2. The van der Waals surface area contributed by atoms with Crippen LogP contribution >= 0.6 is 23.1 Å². The van der Waals surface area contributed by atoms with Gasteiger partial charge in [0.05, 0.1) is 16.9 Å². The second kappa shape index (κ2) is 11.2. The molecule has 8 heteroatoms. The lowest BCUT2D eigenvalue weighted by atomic mass is 9.79. The maximum atomic E-state index is 13.3. The van der Waals surface area contributed by atoms with Crippen molar-refractivity contribution in [3.63, 3.8) is 0 Å². The van der Waals surface area contributed by atoms with Gasteiger partial charge in [0.25, 0.3) is 5.91 Å². The molecule has 2 unspecified atom stereocenters. The molecule has 0 saturated carbocycles. The van der Waals surface area contributed by atoms with E-state index in [0.29, 0.717) is 22.0 Å². The number of allylic oxidation sites excluding steroid dienone is 1. The molecular formula is C27H24N4O2S2. The third kappa shape index (κ3) is 5.88. The number of amides is 2. The van der Waals surface area contributed by atoms with E-state index in [9.17, 15) is 14.9 Å². The molecule has 1 aromatic heterocycles. The van der Waals surface area contributed by atoms with Gasteiger partial charge in [0.1, 0.15) is 5.92 Å². The third-order valence-corrected chi connectivity index (χ3v) is 7.33. The minimum Gasteiger partial charge on any atom is -0.325 e. The molecule has 3 aromatic rings. The number of anilines is 2. The molecule has 176 valence electrons. The van der Waals surface area contributed by atoms with Crippen molar-refractivity contribution in [2.45, 2.75) is 19.8 Å². The van der Waals surface area contributed by atoms with Gasteiger partial charge in [-0.25, -0.2) is 4.99 Å². The molecule has 2 aromatic carbocycles. The number of carbonyl (C=O) groups is 2. The number of hydrogen-bond donors (Lipinski definition) is 2. The molecule has 2 amide bonds. The summed E-state index contributed by atoms with van der Waals surface area (Å²) in [6, 6.07) is 21.1. The van der Waals surface area contributed by atoms with Gasteiger partial charge in [0.15, 0.2) is 0 Å². The summed E-state index contributed by atoms with van der Waals surface area (Å²) in [4.78, 5) is 30.5. The number of nitriles is 1. The van der Waals surface area contributed by atoms with Crippen LogP contribution in [0.25, 0.3) is 0 Å². The van der Waals surface area contributed by atoms with E-state index in [0.717, 1.165) is 16.8 Å². The molecule has 1 aliphatic heterocycles. The number of nitrogens with one attached hydrogen (secondary N) is 2. The van der Waals surface area contributed by atoms with Crippen LogP contribution in [0, 0.1) is 24.2 Å². The average molecular weight is 501 g/mol. The molecule has 0 saturated heterocycles. The predicted octanol–water partition coefficient (Wildman–Crippen LogP) is 5.98. The van der Waals surface area contributed by atoms with Crippen molar-refractivity contribution >= 4 is 51.3 Å². The van der Waals surface area contributed by atoms with Crippen LogP contribution in [0.4, 0.5) is 11.4 Å². The molecule has 1 aliphatic rings. The molecule has 6 nitrogen and oxygen atoms in total. The number of thioether (sulfide) groups is 1. The van der Waals surface area contributed by atoms with E-state index in [2.05, 4.69) is 21.7 Å². The summed E-state index contributed by atoms with van der Waals surface area (Å²) in [6.07, 6.45) is 0. The van der Waals surface area contributed by atoms with Crippen LogP contribution < -0.4 is 10.6 Å². The monoisotopic (exact) mass is 500 g/mol. The van der Waals surface area contributed by atoms with Crippen molar-refractivity contribution in [3.8, 4) is 6.07 Å². The Morgan fingerprint density at radius 3 is 2.40 bits per heavy atom. The number of rotatable bonds is 6. The molecule has 0 fully saturated rings. The van der Waals surface area contributed by atoms with Gasteiger partial charge in [0, 0.05) is 28.6 Å². The average Bonchev–Trinajstić information content (AvgIpc) is 3.39. The molecular weight excluding hydrogens is 476 g/mol. The second-order valence-electron chi connectivity index (χ2n) is 8.11. The first-order chi connectivity index (χ1) is 17.0. The molecule has 0 spiro atoms. The van der Waals surface area contributed by atoms with E-state index in [1.165, 1.54) is 23.1 Å². The highest BCUT2D eigenvalue weighted by Gasteiger charge is 2.39. The topological polar surface area (TPSA) is 94.4 Å². The van der Waals surface area contributed by atoms with Gasteiger partial charge in [-0.1, -0.05) is 47.7 Å².